The monoisotopic (exact) mass is 503 g/mol. The fourth-order valence-electron chi connectivity index (χ4n) is 1.84. The minimum Gasteiger partial charge on any atom is -0.454 e. The molecule has 2 aromatic rings. The van der Waals surface area contributed by atoms with Crippen molar-refractivity contribution in [1.82, 2.24) is 15.6 Å². The van der Waals surface area contributed by atoms with Crippen LogP contribution in [0.2, 0.25) is 0 Å². The molecule has 4 N–H and O–H groups in total. The molecule has 0 fully saturated rings. The Morgan fingerprint density at radius 1 is 1.38 bits per heavy atom. The summed E-state index contributed by atoms with van der Waals surface area (Å²) < 4.78 is 42.7. The summed E-state index contributed by atoms with van der Waals surface area (Å²) in [7, 11) is 1.55. The second-order valence-corrected chi connectivity index (χ2v) is 5.80. The first kappa shape index (κ1) is 22.2. The van der Waals surface area contributed by atoms with E-state index < -0.39 is 17.8 Å². The standard InChI is InChI=1S/C14H16F3N5O2S.HI/c1-19-13(21-6-8-2-3-9(24-8)12(18)23)20-5-4-11-22-10(7-25-11)14(15,16)17;/h2-3,7H,4-6H2,1H3,(H2,18,23)(H2,19,20,21);1H. The van der Waals surface area contributed by atoms with Crippen LogP contribution in [0.1, 0.15) is 27.0 Å². The largest absolute Gasteiger partial charge is 0.454 e. The average molecular weight is 503 g/mol. The molecule has 1 amide bonds. The minimum absolute atomic E-state index is 0. The van der Waals surface area contributed by atoms with Gasteiger partial charge in [-0.25, -0.2) is 4.98 Å². The molecule has 0 aliphatic carbocycles. The smallest absolute Gasteiger partial charge is 0.434 e. The SMILES string of the molecule is CN=C(NCCc1nc(C(F)(F)F)cs1)NCc1ccc(C(N)=O)o1.I. The van der Waals surface area contributed by atoms with Crippen molar-refractivity contribution in [3.63, 3.8) is 0 Å². The Labute approximate surface area is 168 Å². The third kappa shape index (κ3) is 6.48. The van der Waals surface area contributed by atoms with Gasteiger partial charge in [0.05, 0.1) is 11.6 Å². The summed E-state index contributed by atoms with van der Waals surface area (Å²) in [5, 5.41) is 7.28. The fourth-order valence-corrected chi connectivity index (χ4v) is 2.65. The van der Waals surface area contributed by atoms with Crippen LogP contribution in [-0.2, 0) is 19.1 Å². The maximum atomic E-state index is 12.5. The van der Waals surface area contributed by atoms with Crippen LogP contribution in [0.25, 0.3) is 0 Å². The van der Waals surface area contributed by atoms with Crippen molar-refractivity contribution < 1.29 is 22.4 Å². The van der Waals surface area contributed by atoms with E-state index in [2.05, 4.69) is 20.6 Å². The van der Waals surface area contributed by atoms with Crippen molar-refractivity contribution in [2.75, 3.05) is 13.6 Å². The molecule has 0 saturated heterocycles. The van der Waals surface area contributed by atoms with Crippen LogP contribution < -0.4 is 16.4 Å². The summed E-state index contributed by atoms with van der Waals surface area (Å²) in [6, 6.07) is 3.07. The van der Waals surface area contributed by atoms with Gasteiger partial charge in [0.2, 0.25) is 0 Å². The van der Waals surface area contributed by atoms with Crippen molar-refractivity contribution in [3.05, 3.63) is 39.7 Å². The second-order valence-electron chi connectivity index (χ2n) is 4.86. The summed E-state index contributed by atoms with van der Waals surface area (Å²) in [5.74, 6) is 0.329. The van der Waals surface area contributed by atoms with Crippen molar-refractivity contribution in [2.45, 2.75) is 19.1 Å². The third-order valence-electron chi connectivity index (χ3n) is 3.03. The number of alkyl halides is 3. The van der Waals surface area contributed by atoms with E-state index in [9.17, 15) is 18.0 Å². The van der Waals surface area contributed by atoms with Gasteiger partial charge in [-0.1, -0.05) is 0 Å². The predicted molar refractivity (Wildman–Crippen MR) is 102 cm³/mol. The molecule has 0 aliphatic rings. The van der Waals surface area contributed by atoms with Gasteiger partial charge >= 0.3 is 6.18 Å². The number of furan rings is 1. The number of primary amides is 1. The summed E-state index contributed by atoms with van der Waals surface area (Å²) in [6.45, 7) is 0.623. The number of rotatable bonds is 6. The number of hydrogen-bond donors (Lipinski definition) is 3. The van der Waals surface area contributed by atoms with E-state index in [1.54, 1.807) is 13.1 Å². The van der Waals surface area contributed by atoms with E-state index in [4.69, 9.17) is 10.2 Å². The molecule has 2 heterocycles. The van der Waals surface area contributed by atoms with E-state index in [0.717, 1.165) is 16.7 Å². The van der Waals surface area contributed by atoms with Crippen LogP contribution >= 0.6 is 35.3 Å². The number of aromatic nitrogens is 1. The van der Waals surface area contributed by atoms with E-state index in [1.165, 1.54) is 6.07 Å². The lowest BCUT2D eigenvalue weighted by Gasteiger charge is -2.10. The van der Waals surface area contributed by atoms with Crippen LogP contribution in [-0.4, -0.2) is 30.4 Å². The maximum absolute atomic E-state index is 12.5. The Bertz CT molecular complexity index is 760. The number of nitrogens with zero attached hydrogens (tertiary/aromatic N) is 2. The molecule has 0 radical (unpaired) electrons. The van der Waals surface area contributed by atoms with Gasteiger partial charge in [-0.2, -0.15) is 13.2 Å². The van der Waals surface area contributed by atoms with Gasteiger partial charge in [0.15, 0.2) is 17.4 Å². The number of guanidine groups is 1. The first-order valence-corrected chi connectivity index (χ1v) is 8.02. The number of aliphatic imine (C=N–C) groups is 1. The molecule has 7 nitrogen and oxygen atoms in total. The zero-order valence-electron chi connectivity index (χ0n) is 13.6. The molecule has 0 bridgehead atoms. The van der Waals surface area contributed by atoms with Gasteiger partial charge in [0.1, 0.15) is 5.76 Å². The first-order chi connectivity index (χ1) is 11.8. The second kappa shape index (κ2) is 9.75. The molecular weight excluding hydrogens is 486 g/mol. The topological polar surface area (TPSA) is 106 Å². The molecule has 26 heavy (non-hydrogen) atoms. The number of carbonyl (C=O) groups excluding carboxylic acids is 1. The highest BCUT2D eigenvalue weighted by molar-refractivity contribution is 14.0. The van der Waals surface area contributed by atoms with E-state index >= 15 is 0 Å². The number of nitrogens with one attached hydrogen (secondary N) is 2. The van der Waals surface area contributed by atoms with Crippen LogP contribution in [0.4, 0.5) is 13.2 Å². The van der Waals surface area contributed by atoms with Crippen LogP contribution in [0, 0.1) is 0 Å². The Morgan fingerprint density at radius 2 is 2.12 bits per heavy atom. The molecule has 144 valence electrons. The number of halogens is 4. The molecule has 0 saturated carbocycles. The molecular formula is C14H17F3IN5O2S. The lowest BCUT2D eigenvalue weighted by Crippen LogP contribution is -2.37. The van der Waals surface area contributed by atoms with Crippen LogP contribution in [0.5, 0.6) is 0 Å². The lowest BCUT2D eigenvalue weighted by molar-refractivity contribution is -0.140. The molecule has 0 atom stereocenters. The normalized spacial score (nSPS) is 11.8. The molecule has 12 heteroatoms. The first-order valence-electron chi connectivity index (χ1n) is 7.14. The van der Waals surface area contributed by atoms with Gasteiger partial charge in [-0.3, -0.25) is 9.79 Å². The molecule has 0 spiro atoms. The van der Waals surface area contributed by atoms with Crippen molar-refractivity contribution in [1.29, 1.82) is 0 Å². The van der Waals surface area contributed by atoms with Crippen LogP contribution in [0.15, 0.2) is 26.9 Å². The number of nitrogens with two attached hydrogens (primary N) is 1. The maximum Gasteiger partial charge on any atom is 0.434 e. The minimum atomic E-state index is -4.42. The summed E-state index contributed by atoms with van der Waals surface area (Å²) >= 11 is 0.961. The van der Waals surface area contributed by atoms with Crippen molar-refractivity contribution >= 4 is 47.2 Å². The molecule has 2 rings (SSSR count). The average Bonchev–Trinajstić information content (AvgIpc) is 3.19. The van der Waals surface area contributed by atoms with Crippen molar-refractivity contribution in [3.8, 4) is 0 Å². The molecule has 0 aromatic carbocycles. The third-order valence-corrected chi connectivity index (χ3v) is 3.94. The van der Waals surface area contributed by atoms with E-state index in [-0.39, 0.29) is 36.3 Å². The van der Waals surface area contributed by atoms with E-state index in [0.29, 0.717) is 29.7 Å². The van der Waals surface area contributed by atoms with Gasteiger partial charge in [-0.15, -0.1) is 35.3 Å². The Morgan fingerprint density at radius 3 is 2.65 bits per heavy atom. The molecule has 0 unspecified atom stereocenters. The molecule has 0 aliphatic heterocycles. The van der Waals surface area contributed by atoms with Crippen LogP contribution in [0.3, 0.4) is 0 Å². The fraction of sp³-hybridized carbons (Fsp3) is 0.357. The summed E-state index contributed by atoms with van der Waals surface area (Å²) in [4.78, 5) is 18.5. The summed E-state index contributed by atoms with van der Waals surface area (Å²) in [5.41, 5.74) is 4.22. The van der Waals surface area contributed by atoms with Gasteiger partial charge in [-0.05, 0) is 12.1 Å². The zero-order valence-corrected chi connectivity index (χ0v) is 16.7. The number of thiazole rings is 1. The Kier molecular flexibility index (Phi) is 8.33. The Hall–Kier alpha value is -1.83. The van der Waals surface area contributed by atoms with Crippen molar-refractivity contribution in [2.24, 2.45) is 10.7 Å². The Balaban J connectivity index is 0.00000338. The highest BCUT2D eigenvalue weighted by atomic mass is 127. The number of amides is 1. The van der Waals surface area contributed by atoms with Gasteiger partial charge < -0.3 is 20.8 Å². The predicted octanol–water partition coefficient (Wildman–Crippen LogP) is 2.38. The van der Waals surface area contributed by atoms with Gasteiger partial charge in [0, 0.05) is 25.4 Å². The number of carbonyl (C=O) groups is 1. The number of hydrogen-bond acceptors (Lipinski definition) is 5. The lowest BCUT2D eigenvalue weighted by atomic mass is 10.4. The highest BCUT2D eigenvalue weighted by Crippen LogP contribution is 2.29. The van der Waals surface area contributed by atoms with Gasteiger partial charge in [0.25, 0.3) is 5.91 Å². The molecule has 2 aromatic heterocycles. The van der Waals surface area contributed by atoms with E-state index in [1.807, 2.05) is 0 Å². The highest BCUT2D eigenvalue weighted by Gasteiger charge is 2.33. The zero-order chi connectivity index (χ0) is 18.4. The quantitative estimate of drug-likeness (QED) is 0.319. The summed E-state index contributed by atoms with van der Waals surface area (Å²) in [6.07, 6.45) is -4.10.